The largest absolute Gasteiger partial charge is 0.443 e. The summed E-state index contributed by atoms with van der Waals surface area (Å²) in [6.45, 7) is 28.6. The van der Waals surface area contributed by atoms with E-state index in [-0.39, 0.29) is 21.7 Å². The summed E-state index contributed by atoms with van der Waals surface area (Å²) in [5.74, 6) is 1.73. The van der Waals surface area contributed by atoms with Crippen molar-refractivity contribution in [3.63, 3.8) is 0 Å². The van der Waals surface area contributed by atoms with Crippen LogP contribution in [0, 0.1) is 0 Å². The van der Waals surface area contributed by atoms with E-state index in [4.69, 9.17) is 18.1 Å². The molecule has 0 spiro atoms. The van der Waals surface area contributed by atoms with Crippen LogP contribution in [0.2, 0.25) is 0 Å². The molecular formula is C54H60O4P2. The van der Waals surface area contributed by atoms with E-state index < -0.39 is 16.8 Å². The lowest BCUT2D eigenvalue weighted by atomic mass is 9.73. The summed E-state index contributed by atoms with van der Waals surface area (Å²) in [7, 11) is -2.83. The third-order valence-electron chi connectivity index (χ3n) is 11.7. The molecule has 4 nitrogen and oxygen atoms in total. The molecule has 0 fully saturated rings. The van der Waals surface area contributed by atoms with E-state index in [0.717, 1.165) is 33.2 Å². The molecule has 310 valence electrons. The zero-order valence-corrected chi connectivity index (χ0v) is 39.3. The van der Waals surface area contributed by atoms with Crippen LogP contribution >= 0.6 is 16.8 Å². The smallest absolute Gasteiger partial charge is 0.266 e. The van der Waals surface area contributed by atoms with Crippen LogP contribution in [0.25, 0.3) is 33.4 Å². The topological polar surface area (TPSA) is 36.9 Å². The predicted octanol–water partition coefficient (Wildman–Crippen LogP) is 15.0. The van der Waals surface area contributed by atoms with E-state index in [1.54, 1.807) is 0 Å². The summed E-state index contributed by atoms with van der Waals surface area (Å²) in [6, 6.07) is 43.4. The lowest BCUT2D eigenvalue weighted by Crippen LogP contribution is -2.23. The second-order valence-corrected chi connectivity index (χ2v) is 23.2. The molecule has 60 heavy (non-hydrogen) atoms. The third kappa shape index (κ3) is 8.34. The van der Waals surface area contributed by atoms with E-state index in [0.29, 0.717) is 13.2 Å². The minimum absolute atomic E-state index is 0.102. The van der Waals surface area contributed by atoms with Crippen LogP contribution < -0.4 is 19.7 Å². The van der Waals surface area contributed by atoms with Crippen molar-refractivity contribution in [1.82, 2.24) is 0 Å². The zero-order chi connectivity index (χ0) is 42.8. The molecule has 0 bridgehead atoms. The highest BCUT2D eigenvalue weighted by Crippen LogP contribution is 2.53. The Balaban J connectivity index is 1.31. The first-order valence-corrected chi connectivity index (χ1v) is 23.6. The molecule has 2 aliphatic heterocycles. The number of hydrogen-bond acceptors (Lipinski definition) is 4. The van der Waals surface area contributed by atoms with Crippen molar-refractivity contribution in [2.24, 2.45) is 0 Å². The molecule has 2 atom stereocenters. The lowest BCUT2D eigenvalue weighted by molar-refractivity contribution is 0.304. The van der Waals surface area contributed by atoms with Crippen LogP contribution in [0.4, 0.5) is 0 Å². The average Bonchev–Trinajstić information content (AvgIpc) is 3.20. The SMILES string of the molecule is CC(C)(C)c1cc(-c2cc(C(C)(C)C)cc(C(C)(C)C)c2COP2Oc3ccccc3-c3ccccc32)c(COP2Oc3ccccc3-c3ccccc32)c(C(C)(C)C)c1. The molecule has 0 amide bonds. The van der Waals surface area contributed by atoms with Gasteiger partial charge < -0.3 is 18.1 Å². The number of benzene rings is 6. The fourth-order valence-electron chi connectivity index (χ4n) is 8.31. The van der Waals surface area contributed by atoms with Gasteiger partial charge in [0.25, 0.3) is 16.8 Å². The molecule has 6 aromatic carbocycles. The van der Waals surface area contributed by atoms with E-state index >= 15 is 0 Å². The van der Waals surface area contributed by atoms with Crippen LogP contribution in [0.5, 0.6) is 11.5 Å². The first-order chi connectivity index (χ1) is 28.3. The summed E-state index contributed by atoms with van der Waals surface area (Å²) in [6.07, 6.45) is 0. The third-order valence-corrected chi connectivity index (χ3v) is 14.7. The first kappa shape index (κ1) is 42.4. The summed E-state index contributed by atoms with van der Waals surface area (Å²) in [5.41, 5.74) is 13.9. The van der Waals surface area contributed by atoms with Gasteiger partial charge in [-0.2, -0.15) is 0 Å². The van der Waals surface area contributed by atoms with Gasteiger partial charge in [0.05, 0.1) is 23.8 Å². The van der Waals surface area contributed by atoms with Gasteiger partial charge >= 0.3 is 0 Å². The number of para-hydroxylation sites is 2. The van der Waals surface area contributed by atoms with Gasteiger partial charge in [-0.3, -0.25) is 0 Å². The Labute approximate surface area is 361 Å². The van der Waals surface area contributed by atoms with Crippen LogP contribution in [0.1, 0.15) is 116 Å². The first-order valence-electron chi connectivity index (χ1n) is 21.2. The summed E-state index contributed by atoms with van der Waals surface area (Å²) < 4.78 is 27.8. The van der Waals surface area contributed by atoms with Gasteiger partial charge in [0.2, 0.25) is 0 Å². The molecule has 2 heterocycles. The monoisotopic (exact) mass is 834 g/mol. The molecule has 6 heteroatoms. The number of fused-ring (bicyclic) bond motifs is 6. The normalized spacial score (nSPS) is 16.2. The Morgan fingerprint density at radius 2 is 0.717 bits per heavy atom. The quantitative estimate of drug-likeness (QED) is 0.150. The molecule has 0 aliphatic carbocycles. The zero-order valence-electron chi connectivity index (χ0n) is 37.5. The Morgan fingerprint density at radius 3 is 1.07 bits per heavy atom. The van der Waals surface area contributed by atoms with E-state index in [1.165, 1.54) is 55.6 Å². The lowest BCUT2D eigenvalue weighted by Gasteiger charge is -2.34. The van der Waals surface area contributed by atoms with Crippen LogP contribution in [-0.2, 0) is 43.9 Å². The van der Waals surface area contributed by atoms with Crippen molar-refractivity contribution in [2.45, 2.75) is 118 Å². The Bertz CT molecular complexity index is 2380. The van der Waals surface area contributed by atoms with E-state index in [9.17, 15) is 0 Å². The molecule has 0 N–H and O–H groups in total. The highest BCUT2D eigenvalue weighted by molar-refractivity contribution is 7.57. The van der Waals surface area contributed by atoms with Crippen molar-refractivity contribution in [3.8, 4) is 44.9 Å². The van der Waals surface area contributed by atoms with Crippen LogP contribution in [-0.4, -0.2) is 0 Å². The van der Waals surface area contributed by atoms with Gasteiger partial charge in [0, 0.05) is 11.1 Å². The van der Waals surface area contributed by atoms with Crippen LogP contribution in [0.3, 0.4) is 0 Å². The molecule has 0 radical (unpaired) electrons. The molecule has 0 saturated heterocycles. The van der Waals surface area contributed by atoms with E-state index in [1.807, 2.05) is 12.1 Å². The number of rotatable bonds is 7. The van der Waals surface area contributed by atoms with Gasteiger partial charge in [-0.15, -0.1) is 0 Å². The van der Waals surface area contributed by atoms with Crippen molar-refractivity contribution < 1.29 is 18.1 Å². The van der Waals surface area contributed by atoms with E-state index in [2.05, 4.69) is 192 Å². The minimum Gasteiger partial charge on any atom is -0.443 e. The second kappa shape index (κ2) is 15.9. The van der Waals surface area contributed by atoms with Crippen molar-refractivity contribution >= 4 is 27.4 Å². The molecule has 0 aromatic heterocycles. The van der Waals surface area contributed by atoms with Crippen molar-refractivity contribution in [3.05, 3.63) is 155 Å². The van der Waals surface area contributed by atoms with Crippen molar-refractivity contribution in [2.75, 3.05) is 0 Å². The Kier molecular flexibility index (Phi) is 11.2. The Hall–Kier alpha value is -4.30. The summed E-state index contributed by atoms with van der Waals surface area (Å²) >= 11 is 0. The molecule has 8 rings (SSSR count). The average molecular weight is 835 g/mol. The van der Waals surface area contributed by atoms with Gasteiger partial charge in [-0.25, -0.2) is 0 Å². The van der Waals surface area contributed by atoms with Gasteiger partial charge in [0.15, 0.2) is 0 Å². The minimum atomic E-state index is -1.41. The highest BCUT2D eigenvalue weighted by Gasteiger charge is 2.34. The van der Waals surface area contributed by atoms with Gasteiger partial charge in [0.1, 0.15) is 11.5 Å². The van der Waals surface area contributed by atoms with Crippen LogP contribution in [0.15, 0.2) is 121 Å². The molecule has 6 aromatic rings. The maximum atomic E-state index is 7.13. The molecular weight excluding hydrogens is 775 g/mol. The Morgan fingerprint density at radius 1 is 0.383 bits per heavy atom. The summed E-state index contributed by atoms with van der Waals surface area (Å²) in [4.78, 5) is 0. The molecule has 0 saturated carbocycles. The van der Waals surface area contributed by atoms with Gasteiger partial charge in [-0.1, -0.05) is 180 Å². The molecule has 2 aliphatic rings. The second-order valence-electron chi connectivity index (χ2n) is 20.4. The highest BCUT2D eigenvalue weighted by atomic mass is 31.2. The fraction of sp³-hybridized carbons (Fsp3) is 0.333. The summed E-state index contributed by atoms with van der Waals surface area (Å²) in [5, 5.41) is 2.21. The maximum Gasteiger partial charge on any atom is 0.266 e. The number of hydrogen-bond donors (Lipinski definition) is 0. The predicted molar refractivity (Wildman–Crippen MR) is 254 cm³/mol. The molecule has 2 unspecified atom stereocenters. The fourth-order valence-corrected chi connectivity index (χ4v) is 11.3. The van der Waals surface area contributed by atoms with Crippen molar-refractivity contribution in [1.29, 1.82) is 0 Å². The van der Waals surface area contributed by atoms with Gasteiger partial charge in [-0.05, 0) is 102 Å². The standard InChI is InChI=1S/C54H60O4P2/c1-51(2,3)35-29-41(43(45(31-35)53(7,8)9)33-55-59-49-27-19-15-23-39(49)37-21-13-17-25-47(37)57-59)42-30-36(52(4,5)6)32-46(54(10,11)12)44(42)34-56-60-50-28-20-16-24-40(50)38-22-14-18-26-48(38)58-60/h13-32H,33-34H2,1-12H3. The maximum absolute atomic E-state index is 7.13.